The number of ether oxygens (including phenoxy) is 2. The highest BCUT2D eigenvalue weighted by Gasteiger charge is 2.28. The van der Waals surface area contributed by atoms with E-state index in [-0.39, 0.29) is 23.8 Å². The second-order valence-electron chi connectivity index (χ2n) is 8.41. The van der Waals surface area contributed by atoms with Crippen LogP contribution in [0.4, 0.5) is 0 Å². The predicted octanol–water partition coefficient (Wildman–Crippen LogP) is 3.79. The lowest BCUT2D eigenvalue weighted by Crippen LogP contribution is -2.45. The van der Waals surface area contributed by atoms with E-state index >= 15 is 0 Å². The zero-order valence-electron chi connectivity index (χ0n) is 18.2. The number of piperidine rings is 1. The molecule has 6 nitrogen and oxygen atoms in total. The Bertz CT molecular complexity index is 670. The number of hydrogen-bond donors (Lipinski definition) is 1. The fourth-order valence-electron chi connectivity index (χ4n) is 4.12. The van der Waals surface area contributed by atoms with E-state index in [0.29, 0.717) is 25.3 Å². The van der Waals surface area contributed by atoms with Crippen LogP contribution in [0.2, 0.25) is 0 Å². The Morgan fingerprint density at radius 3 is 2.70 bits per heavy atom. The summed E-state index contributed by atoms with van der Waals surface area (Å²) < 4.78 is 11.3. The molecule has 2 aliphatic rings. The van der Waals surface area contributed by atoms with E-state index in [9.17, 15) is 9.59 Å². The van der Waals surface area contributed by atoms with Gasteiger partial charge in [-0.25, -0.2) is 0 Å². The molecule has 3 rings (SSSR count). The molecule has 2 heterocycles. The first-order chi connectivity index (χ1) is 14.7. The Morgan fingerprint density at radius 2 is 1.97 bits per heavy atom. The summed E-state index contributed by atoms with van der Waals surface area (Å²) in [5.41, 5.74) is 0.639. The molecule has 30 heavy (non-hydrogen) atoms. The van der Waals surface area contributed by atoms with Crippen LogP contribution in [0.3, 0.4) is 0 Å². The molecule has 2 saturated heterocycles. The molecular weight excluding hydrogens is 380 g/mol. The van der Waals surface area contributed by atoms with Crippen molar-refractivity contribution in [1.29, 1.82) is 0 Å². The Kier molecular flexibility index (Phi) is 9.00. The quantitative estimate of drug-likeness (QED) is 0.589. The molecule has 0 aliphatic carbocycles. The second kappa shape index (κ2) is 11.9. The van der Waals surface area contributed by atoms with E-state index in [0.717, 1.165) is 57.4 Å². The smallest absolute Gasteiger partial charge is 0.253 e. The monoisotopic (exact) mass is 416 g/mol. The van der Waals surface area contributed by atoms with Gasteiger partial charge in [0, 0.05) is 31.8 Å². The van der Waals surface area contributed by atoms with Gasteiger partial charge < -0.3 is 19.7 Å². The van der Waals surface area contributed by atoms with Crippen LogP contribution in [-0.2, 0) is 9.53 Å². The molecule has 0 aromatic heterocycles. The van der Waals surface area contributed by atoms with E-state index in [4.69, 9.17) is 9.47 Å². The summed E-state index contributed by atoms with van der Waals surface area (Å²) in [5, 5.41) is 3.05. The molecule has 1 aromatic rings. The summed E-state index contributed by atoms with van der Waals surface area (Å²) in [6.45, 7) is 5.48. The largest absolute Gasteiger partial charge is 0.491 e. The summed E-state index contributed by atoms with van der Waals surface area (Å²) in [6, 6.07) is 7.30. The van der Waals surface area contributed by atoms with E-state index in [2.05, 4.69) is 12.2 Å². The standard InChI is InChI=1S/C24H36N2O4/c1-2-3-4-5-14-25-23(27)20-8-6-15-26(17-20)24(28)19-10-12-21(13-11-19)30-18-22-9-7-16-29-22/h10-13,20,22H,2-9,14-18H2,1H3,(H,25,27). The molecule has 6 heteroatoms. The van der Waals surface area contributed by atoms with Crippen LogP contribution in [0, 0.1) is 5.92 Å². The minimum absolute atomic E-state index is 0.0128. The minimum Gasteiger partial charge on any atom is -0.491 e. The Morgan fingerprint density at radius 1 is 1.13 bits per heavy atom. The average molecular weight is 417 g/mol. The summed E-state index contributed by atoms with van der Waals surface area (Å²) in [5.74, 6) is 0.715. The van der Waals surface area contributed by atoms with Gasteiger partial charge in [0.2, 0.25) is 5.91 Å². The lowest BCUT2D eigenvalue weighted by Gasteiger charge is -2.32. The number of carbonyl (C=O) groups excluding carboxylic acids is 2. The summed E-state index contributed by atoms with van der Waals surface area (Å²) >= 11 is 0. The van der Waals surface area contributed by atoms with Crippen molar-refractivity contribution in [2.24, 2.45) is 5.92 Å². The number of nitrogens with one attached hydrogen (secondary N) is 1. The van der Waals surface area contributed by atoms with E-state index in [1.807, 2.05) is 29.2 Å². The van der Waals surface area contributed by atoms with Crippen LogP contribution in [0.15, 0.2) is 24.3 Å². The van der Waals surface area contributed by atoms with Crippen molar-refractivity contribution in [3.63, 3.8) is 0 Å². The highest BCUT2D eigenvalue weighted by atomic mass is 16.5. The molecule has 0 saturated carbocycles. The zero-order valence-corrected chi connectivity index (χ0v) is 18.2. The van der Waals surface area contributed by atoms with Crippen LogP contribution < -0.4 is 10.1 Å². The topological polar surface area (TPSA) is 67.9 Å². The first kappa shape index (κ1) is 22.6. The molecule has 2 unspecified atom stereocenters. The summed E-state index contributed by atoms with van der Waals surface area (Å²) in [7, 11) is 0. The zero-order chi connectivity index (χ0) is 21.2. The highest BCUT2D eigenvalue weighted by molar-refractivity contribution is 5.94. The number of unbranched alkanes of at least 4 members (excludes halogenated alkanes) is 3. The molecule has 1 aromatic carbocycles. The van der Waals surface area contributed by atoms with Gasteiger partial charge in [-0.1, -0.05) is 26.2 Å². The predicted molar refractivity (Wildman–Crippen MR) is 117 cm³/mol. The maximum absolute atomic E-state index is 12.9. The first-order valence-electron chi connectivity index (χ1n) is 11.6. The molecule has 166 valence electrons. The number of nitrogens with zero attached hydrogens (tertiary/aromatic N) is 1. The molecule has 0 bridgehead atoms. The Labute approximate surface area is 180 Å². The maximum atomic E-state index is 12.9. The van der Waals surface area contributed by atoms with Crippen LogP contribution in [0.25, 0.3) is 0 Å². The number of carbonyl (C=O) groups is 2. The van der Waals surface area contributed by atoms with Crippen LogP contribution in [-0.4, -0.2) is 55.7 Å². The third-order valence-electron chi connectivity index (χ3n) is 5.97. The van der Waals surface area contributed by atoms with Crippen molar-refractivity contribution in [2.75, 3.05) is 32.8 Å². The summed E-state index contributed by atoms with van der Waals surface area (Å²) in [6.07, 6.45) is 8.59. The molecular formula is C24H36N2O4. The van der Waals surface area contributed by atoms with Crippen LogP contribution in [0.1, 0.15) is 68.6 Å². The van der Waals surface area contributed by atoms with Crippen molar-refractivity contribution < 1.29 is 19.1 Å². The SMILES string of the molecule is CCCCCCNC(=O)C1CCCN(C(=O)c2ccc(OCC3CCCO3)cc2)C1. The van der Waals surface area contributed by atoms with E-state index < -0.39 is 0 Å². The number of amides is 2. The Balaban J connectivity index is 1.45. The summed E-state index contributed by atoms with van der Waals surface area (Å²) in [4.78, 5) is 27.2. The van der Waals surface area contributed by atoms with Gasteiger partial charge in [0.15, 0.2) is 0 Å². The fourth-order valence-corrected chi connectivity index (χ4v) is 4.12. The minimum atomic E-state index is -0.108. The van der Waals surface area contributed by atoms with Gasteiger partial charge in [-0.15, -0.1) is 0 Å². The van der Waals surface area contributed by atoms with Gasteiger partial charge in [0.1, 0.15) is 12.4 Å². The lowest BCUT2D eigenvalue weighted by molar-refractivity contribution is -0.126. The van der Waals surface area contributed by atoms with Gasteiger partial charge in [-0.3, -0.25) is 9.59 Å². The molecule has 2 atom stereocenters. The molecule has 0 spiro atoms. The van der Waals surface area contributed by atoms with Gasteiger partial charge >= 0.3 is 0 Å². The van der Waals surface area contributed by atoms with Crippen molar-refractivity contribution in [3.8, 4) is 5.75 Å². The van der Waals surface area contributed by atoms with E-state index in [1.165, 1.54) is 12.8 Å². The van der Waals surface area contributed by atoms with Crippen molar-refractivity contribution in [2.45, 2.75) is 64.4 Å². The van der Waals surface area contributed by atoms with Gasteiger partial charge in [0.05, 0.1) is 12.0 Å². The number of likely N-dealkylation sites (tertiary alicyclic amines) is 1. The Hall–Kier alpha value is -2.08. The lowest BCUT2D eigenvalue weighted by atomic mass is 9.96. The molecule has 2 aliphatic heterocycles. The second-order valence-corrected chi connectivity index (χ2v) is 8.41. The van der Waals surface area contributed by atoms with E-state index in [1.54, 1.807) is 0 Å². The fraction of sp³-hybridized carbons (Fsp3) is 0.667. The van der Waals surface area contributed by atoms with Crippen LogP contribution >= 0.6 is 0 Å². The third-order valence-corrected chi connectivity index (χ3v) is 5.97. The number of benzene rings is 1. The number of rotatable bonds is 10. The molecule has 2 fully saturated rings. The highest BCUT2D eigenvalue weighted by Crippen LogP contribution is 2.21. The molecule has 2 amide bonds. The average Bonchev–Trinajstić information content (AvgIpc) is 3.31. The van der Waals surface area contributed by atoms with Gasteiger partial charge in [-0.05, 0) is 56.4 Å². The first-order valence-corrected chi connectivity index (χ1v) is 11.6. The van der Waals surface area contributed by atoms with Gasteiger partial charge in [0.25, 0.3) is 5.91 Å². The molecule has 0 radical (unpaired) electrons. The maximum Gasteiger partial charge on any atom is 0.253 e. The van der Waals surface area contributed by atoms with Gasteiger partial charge in [-0.2, -0.15) is 0 Å². The van der Waals surface area contributed by atoms with Crippen LogP contribution in [0.5, 0.6) is 5.75 Å². The normalized spacial score (nSPS) is 21.4. The van der Waals surface area contributed by atoms with Crippen molar-refractivity contribution in [3.05, 3.63) is 29.8 Å². The van der Waals surface area contributed by atoms with Crippen molar-refractivity contribution >= 4 is 11.8 Å². The number of hydrogen-bond acceptors (Lipinski definition) is 4. The van der Waals surface area contributed by atoms with Crippen molar-refractivity contribution in [1.82, 2.24) is 10.2 Å². The molecule has 1 N–H and O–H groups in total. The third kappa shape index (κ3) is 6.73.